The van der Waals surface area contributed by atoms with Gasteiger partial charge in [0.15, 0.2) is 0 Å². The molecule has 2 fully saturated rings. The Morgan fingerprint density at radius 2 is 1.93 bits per heavy atom. The number of nitriles is 1. The second-order valence-corrected chi connectivity index (χ2v) is 13.4. The standard InChI is InChI=1S/C34H38ClF2N7O2/c1-4-29(45)44-16-15-43(17-24(44)11-13-38)31-25-12-14-42(28-10-6-8-23-7-5-9-26(35)30(23)28)18-27(25)39-32(40-31)46-22-33(21-41(2)3)19-34(36,37)20-33/h4-10,24H,1,11-12,14-22H2,2-3H3. The van der Waals surface area contributed by atoms with Crippen molar-refractivity contribution < 1.29 is 18.3 Å². The Bertz CT molecular complexity index is 1680. The van der Waals surface area contributed by atoms with Gasteiger partial charge < -0.3 is 24.3 Å². The summed E-state index contributed by atoms with van der Waals surface area (Å²) in [5.41, 5.74) is 2.07. The van der Waals surface area contributed by atoms with Gasteiger partial charge in [0.25, 0.3) is 0 Å². The fourth-order valence-electron chi connectivity index (χ4n) is 7.39. The highest BCUT2D eigenvalue weighted by Gasteiger charge is 2.57. The van der Waals surface area contributed by atoms with Crippen LogP contribution in [0.1, 0.15) is 30.5 Å². The highest BCUT2D eigenvalue weighted by molar-refractivity contribution is 6.36. The van der Waals surface area contributed by atoms with E-state index >= 15 is 0 Å². The van der Waals surface area contributed by atoms with Crippen LogP contribution in [0.3, 0.4) is 0 Å². The third-order valence-corrected chi connectivity index (χ3v) is 9.50. The van der Waals surface area contributed by atoms with Crippen molar-refractivity contribution in [3.63, 3.8) is 0 Å². The third-order valence-electron chi connectivity index (χ3n) is 9.19. The van der Waals surface area contributed by atoms with E-state index in [0.717, 1.165) is 27.7 Å². The Morgan fingerprint density at radius 1 is 1.17 bits per heavy atom. The first-order valence-electron chi connectivity index (χ1n) is 15.5. The van der Waals surface area contributed by atoms with Crippen LogP contribution in [0.25, 0.3) is 10.8 Å². The monoisotopic (exact) mass is 649 g/mol. The molecule has 1 saturated carbocycles. The molecule has 46 heavy (non-hydrogen) atoms. The predicted octanol–water partition coefficient (Wildman–Crippen LogP) is 5.32. The molecule has 0 bridgehead atoms. The van der Waals surface area contributed by atoms with Gasteiger partial charge in [-0.3, -0.25) is 4.79 Å². The molecule has 3 heterocycles. The second-order valence-electron chi connectivity index (χ2n) is 13.0. The van der Waals surface area contributed by atoms with E-state index in [-0.39, 0.29) is 43.8 Å². The summed E-state index contributed by atoms with van der Waals surface area (Å²) >= 11 is 6.68. The molecule has 0 radical (unpaired) electrons. The summed E-state index contributed by atoms with van der Waals surface area (Å²) in [7, 11) is 3.74. The number of benzene rings is 2. The first-order chi connectivity index (χ1) is 22.0. The fourth-order valence-corrected chi connectivity index (χ4v) is 7.67. The lowest BCUT2D eigenvalue weighted by Crippen LogP contribution is -2.55. The predicted molar refractivity (Wildman–Crippen MR) is 175 cm³/mol. The van der Waals surface area contributed by atoms with E-state index in [2.05, 4.69) is 28.5 Å². The summed E-state index contributed by atoms with van der Waals surface area (Å²) in [5.74, 6) is -2.22. The van der Waals surface area contributed by atoms with Gasteiger partial charge in [0.2, 0.25) is 11.8 Å². The summed E-state index contributed by atoms with van der Waals surface area (Å²) in [6, 6.07) is 14.0. The summed E-state index contributed by atoms with van der Waals surface area (Å²) in [6.45, 7) is 6.66. The van der Waals surface area contributed by atoms with Crippen molar-refractivity contribution in [1.29, 1.82) is 5.26 Å². The largest absolute Gasteiger partial charge is 0.463 e. The van der Waals surface area contributed by atoms with Gasteiger partial charge in [0.05, 0.1) is 42.4 Å². The zero-order valence-corrected chi connectivity index (χ0v) is 26.9. The minimum atomic E-state index is -2.71. The summed E-state index contributed by atoms with van der Waals surface area (Å²) in [6.07, 6.45) is 1.60. The molecule has 0 N–H and O–H groups in total. The zero-order valence-electron chi connectivity index (χ0n) is 26.2. The van der Waals surface area contributed by atoms with E-state index in [9.17, 15) is 18.8 Å². The molecule has 2 aliphatic heterocycles. The van der Waals surface area contributed by atoms with Gasteiger partial charge in [0.1, 0.15) is 5.82 Å². The average Bonchev–Trinajstić information content (AvgIpc) is 3.01. The number of aromatic nitrogens is 2. The molecule has 1 atom stereocenters. The highest BCUT2D eigenvalue weighted by Crippen LogP contribution is 2.52. The number of nitrogens with zero attached hydrogens (tertiary/aromatic N) is 7. The maximum Gasteiger partial charge on any atom is 0.318 e. The van der Waals surface area contributed by atoms with Gasteiger partial charge in [-0.2, -0.15) is 15.2 Å². The van der Waals surface area contributed by atoms with E-state index < -0.39 is 11.3 Å². The number of piperazine rings is 1. The van der Waals surface area contributed by atoms with Crippen molar-refractivity contribution >= 4 is 39.8 Å². The van der Waals surface area contributed by atoms with Crippen molar-refractivity contribution in [2.75, 3.05) is 63.2 Å². The van der Waals surface area contributed by atoms with Gasteiger partial charge in [-0.1, -0.05) is 42.4 Å². The topological polar surface area (TPSA) is 88.8 Å². The van der Waals surface area contributed by atoms with Crippen LogP contribution in [0.15, 0.2) is 49.1 Å². The summed E-state index contributed by atoms with van der Waals surface area (Å²) in [5, 5.41) is 12.2. The van der Waals surface area contributed by atoms with Crippen molar-refractivity contribution in [3.05, 3.63) is 65.3 Å². The summed E-state index contributed by atoms with van der Waals surface area (Å²) in [4.78, 5) is 30.3. The van der Waals surface area contributed by atoms with Gasteiger partial charge in [-0.25, -0.2) is 8.78 Å². The molecule has 6 rings (SSSR count). The molecule has 3 aromatic rings. The molecule has 2 aromatic carbocycles. The quantitative estimate of drug-likeness (QED) is 0.288. The van der Waals surface area contributed by atoms with E-state index in [1.807, 2.05) is 49.3 Å². The van der Waals surface area contributed by atoms with Gasteiger partial charge in [-0.05, 0) is 44.1 Å². The van der Waals surface area contributed by atoms with Crippen LogP contribution < -0.4 is 14.5 Å². The number of anilines is 2. The van der Waals surface area contributed by atoms with Crippen LogP contribution in [-0.2, 0) is 17.8 Å². The normalized spacial score (nSPS) is 20.2. The van der Waals surface area contributed by atoms with Crippen molar-refractivity contribution in [2.24, 2.45) is 5.41 Å². The first-order valence-corrected chi connectivity index (χ1v) is 15.9. The molecular weight excluding hydrogens is 612 g/mol. The van der Waals surface area contributed by atoms with E-state index in [0.29, 0.717) is 56.5 Å². The smallest absolute Gasteiger partial charge is 0.318 e. The number of halogens is 3. The number of rotatable bonds is 9. The van der Waals surface area contributed by atoms with Crippen molar-refractivity contribution in [3.8, 4) is 12.1 Å². The number of alkyl halides is 2. The molecule has 1 unspecified atom stereocenters. The molecule has 1 aliphatic carbocycles. The van der Waals surface area contributed by atoms with Crippen LogP contribution in [0.2, 0.25) is 5.02 Å². The maximum absolute atomic E-state index is 14.1. The van der Waals surface area contributed by atoms with Crippen LogP contribution >= 0.6 is 11.6 Å². The van der Waals surface area contributed by atoms with Gasteiger partial charge in [-0.15, -0.1) is 0 Å². The molecule has 1 aromatic heterocycles. The lowest BCUT2D eigenvalue weighted by atomic mass is 9.66. The maximum atomic E-state index is 14.1. The molecule has 242 valence electrons. The third kappa shape index (κ3) is 6.33. The van der Waals surface area contributed by atoms with Crippen LogP contribution in [-0.4, -0.2) is 91.1 Å². The zero-order chi connectivity index (χ0) is 32.6. The highest BCUT2D eigenvalue weighted by atomic mass is 35.5. The Balaban J connectivity index is 1.35. The van der Waals surface area contributed by atoms with Crippen LogP contribution in [0, 0.1) is 16.7 Å². The van der Waals surface area contributed by atoms with Crippen molar-refractivity contribution in [2.45, 2.75) is 44.2 Å². The molecule has 3 aliphatic rings. The van der Waals surface area contributed by atoms with Gasteiger partial charge >= 0.3 is 6.01 Å². The lowest BCUT2D eigenvalue weighted by Gasteiger charge is -2.48. The Hall–Kier alpha value is -4.01. The number of amides is 1. The number of ether oxygens (including phenoxy) is 1. The number of carbonyl (C=O) groups excluding carboxylic acids is 1. The minimum absolute atomic E-state index is 0.0698. The van der Waals surface area contributed by atoms with E-state index in [1.165, 1.54) is 6.08 Å². The Morgan fingerprint density at radius 3 is 2.63 bits per heavy atom. The minimum Gasteiger partial charge on any atom is -0.463 e. The summed E-state index contributed by atoms with van der Waals surface area (Å²) < 4.78 is 34.4. The fraction of sp³-hybridized carbons (Fsp3) is 0.471. The van der Waals surface area contributed by atoms with Crippen LogP contribution in [0.5, 0.6) is 6.01 Å². The molecular formula is C34H38ClF2N7O2. The second kappa shape index (κ2) is 12.6. The Labute approximate surface area is 273 Å². The van der Waals surface area contributed by atoms with Crippen LogP contribution in [0.4, 0.5) is 20.3 Å². The first kappa shape index (κ1) is 32.0. The van der Waals surface area contributed by atoms with E-state index in [1.54, 1.807) is 4.90 Å². The SMILES string of the molecule is C=CC(=O)N1CCN(c2nc(OCC3(CN(C)C)CC(F)(F)C3)nc3c2CCN(c2cccc4cccc(Cl)c24)C3)CC1CC#N. The number of fused-ring (bicyclic) bond motifs is 2. The molecule has 9 nitrogen and oxygen atoms in total. The number of hydrogen-bond acceptors (Lipinski definition) is 8. The average molecular weight is 650 g/mol. The Kier molecular flexibility index (Phi) is 8.79. The number of carbonyl (C=O) groups is 1. The number of hydrogen-bond donors (Lipinski definition) is 0. The lowest BCUT2D eigenvalue weighted by molar-refractivity contribution is -0.178. The molecule has 12 heteroatoms. The van der Waals surface area contributed by atoms with Gasteiger partial charge in [0, 0.05) is 67.6 Å². The van der Waals surface area contributed by atoms with E-state index in [4.69, 9.17) is 26.3 Å². The molecule has 1 saturated heterocycles. The van der Waals surface area contributed by atoms with Crippen molar-refractivity contribution in [1.82, 2.24) is 19.8 Å². The molecule has 1 amide bonds. The molecule has 0 spiro atoms.